The molecule has 1 aromatic heterocycles. The topological polar surface area (TPSA) is 67.8 Å². The summed E-state index contributed by atoms with van der Waals surface area (Å²) >= 11 is 0. The number of benzene rings is 1. The first-order chi connectivity index (χ1) is 7.77. The fourth-order valence-corrected chi connectivity index (χ4v) is 1.44. The molecular formula is C11H11N3O2. The minimum Gasteiger partial charge on any atom is -0.293 e. The van der Waals surface area contributed by atoms with E-state index in [1.807, 2.05) is 30.3 Å². The standard InChI is InChI=1S/C11H11N3O2/c15-10-11(16)14(8-12-13-10)7-6-9-4-2-1-3-5-9/h1-5,8H,6-7H2,(H,13,15). The van der Waals surface area contributed by atoms with Gasteiger partial charge in [0.25, 0.3) is 0 Å². The average Bonchev–Trinajstić information content (AvgIpc) is 2.32. The Bertz CT molecular complexity index is 572. The van der Waals surface area contributed by atoms with Crippen molar-refractivity contribution in [3.8, 4) is 0 Å². The molecule has 1 aromatic carbocycles. The van der Waals surface area contributed by atoms with Crippen LogP contribution in [0.3, 0.4) is 0 Å². The first-order valence-corrected chi connectivity index (χ1v) is 4.95. The van der Waals surface area contributed by atoms with Crippen LogP contribution in [-0.4, -0.2) is 14.8 Å². The van der Waals surface area contributed by atoms with Gasteiger partial charge in [0, 0.05) is 6.54 Å². The highest BCUT2D eigenvalue weighted by Gasteiger charge is 2.00. The number of H-pyrrole nitrogens is 1. The quantitative estimate of drug-likeness (QED) is 0.745. The van der Waals surface area contributed by atoms with Crippen molar-refractivity contribution in [3.63, 3.8) is 0 Å². The molecular weight excluding hydrogens is 206 g/mol. The molecule has 1 N–H and O–H groups in total. The number of hydrogen-bond donors (Lipinski definition) is 1. The Balaban J connectivity index is 2.14. The van der Waals surface area contributed by atoms with Crippen LogP contribution in [0.5, 0.6) is 0 Å². The van der Waals surface area contributed by atoms with Gasteiger partial charge in [-0.3, -0.25) is 14.2 Å². The molecule has 0 bridgehead atoms. The molecule has 0 aliphatic rings. The minimum atomic E-state index is -0.685. The summed E-state index contributed by atoms with van der Waals surface area (Å²) < 4.78 is 1.31. The molecule has 0 amide bonds. The van der Waals surface area contributed by atoms with Crippen LogP contribution < -0.4 is 11.1 Å². The van der Waals surface area contributed by atoms with Gasteiger partial charge in [0.05, 0.1) is 0 Å². The SMILES string of the molecule is O=c1[nH]ncn(CCc2ccccc2)c1=O. The number of nitrogens with zero attached hydrogens (tertiary/aromatic N) is 2. The lowest BCUT2D eigenvalue weighted by Crippen LogP contribution is -2.37. The van der Waals surface area contributed by atoms with Gasteiger partial charge in [0.1, 0.15) is 6.33 Å². The molecule has 0 atom stereocenters. The van der Waals surface area contributed by atoms with Crippen LogP contribution in [-0.2, 0) is 13.0 Å². The smallest absolute Gasteiger partial charge is 0.293 e. The second-order valence-corrected chi connectivity index (χ2v) is 3.42. The van der Waals surface area contributed by atoms with Gasteiger partial charge in [-0.2, -0.15) is 5.10 Å². The number of aryl methyl sites for hydroxylation is 2. The molecule has 2 aromatic rings. The van der Waals surface area contributed by atoms with E-state index in [1.165, 1.54) is 10.9 Å². The zero-order valence-corrected chi connectivity index (χ0v) is 8.59. The van der Waals surface area contributed by atoms with Crippen molar-refractivity contribution in [3.05, 3.63) is 62.9 Å². The number of aromatic amines is 1. The molecule has 0 unspecified atom stereocenters. The van der Waals surface area contributed by atoms with Gasteiger partial charge < -0.3 is 0 Å². The normalized spacial score (nSPS) is 10.2. The number of nitrogens with one attached hydrogen (secondary N) is 1. The number of aromatic nitrogens is 3. The van der Waals surface area contributed by atoms with E-state index in [0.717, 1.165) is 5.56 Å². The highest BCUT2D eigenvalue weighted by molar-refractivity contribution is 5.14. The van der Waals surface area contributed by atoms with Gasteiger partial charge in [0.15, 0.2) is 0 Å². The fraction of sp³-hybridized carbons (Fsp3) is 0.182. The van der Waals surface area contributed by atoms with E-state index in [9.17, 15) is 9.59 Å². The van der Waals surface area contributed by atoms with Crippen molar-refractivity contribution in [2.75, 3.05) is 0 Å². The van der Waals surface area contributed by atoms with E-state index in [0.29, 0.717) is 13.0 Å². The van der Waals surface area contributed by atoms with E-state index in [1.54, 1.807) is 0 Å². The Kier molecular flexibility index (Phi) is 2.95. The molecule has 16 heavy (non-hydrogen) atoms. The van der Waals surface area contributed by atoms with Crippen LogP contribution >= 0.6 is 0 Å². The van der Waals surface area contributed by atoms with Crippen LogP contribution in [0.1, 0.15) is 5.56 Å². The molecule has 5 nitrogen and oxygen atoms in total. The van der Waals surface area contributed by atoms with Crippen molar-refractivity contribution in [2.45, 2.75) is 13.0 Å². The molecule has 0 aliphatic carbocycles. The summed E-state index contributed by atoms with van der Waals surface area (Å²) in [5, 5.41) is 5.68. The van der Waals surface area contributed by atoms with E-state index in [-0.39, 0.29) is 0 Å². The second kappa shape index (κ2) is 4.57. The Morgan fingerprint density at radius 1 is 1.19 bits per heavy atom. The van der Waals surface area contributed by atoms with Crippen LogP contribution in [0, 0.1) is 0 Å². The predicted octanol–water partition coefficient (Wildman–Crippen LogP) is 0.174. The van der Waals surface area contributed by atoms with Crippen molar-refractivity contribution < 1.29 is 0 Å². The molecule has 5 heteroatoms. The average molecular weight is 217 g/mol. The summed E-state index contributed by atoms with van der Waals surface area (Å²) in [5.41, 5.74) is -0.129. The van der Waals surface area contributed by atoms with Crippen LogP contribution in [0.15, 0.2) is 46.2 Å². The molecule has 0 saturated carbocycles. The van der Waals surface area contributed by atoms with Crippen molar-refractivity contribution in [2.24, 2.45) is 0 Å². The Morgan fingerprint density at radius 3 is 2.69 bits per heavy atom. The molecule has 0 radical (unpaired) electrons. The first kappa shape index (κ1) is 10.4. The molecule has 2 rings (SSSR count). The van der Waals surface area contributed by atoms with Gasteiger partial charge in [-0.1, -0.05) is 30.3 Å². The van der Waals surface area contributed by atoms with Gasteiger partial charge in [-0.05, 0) is 12.0 Å². The molecule has 82 valence electrons. The Hall–Kier alpha value is -2.17. The predicted molar refractivity (Wildman–Crippen MR) is 59.3 cm³/mol. The summed E-state index contributed by atoms with van der Waals surface area (Å²) in [7, 11) is 0. The zero-order valence-electron chi connectivity index (χ0n) is 8.59. The minimum absolute atomic E-state index is 0.458. The molecule has 0 spiro atoms. The van der Waals surface area contributed by atoms with Gasteiger partial charge in [-0.15, -0.1) is 0 Å². The monoisotopic (exact) mass is 217 g/mol. The Morgan fingerprint density at radius 2 is 1.94 bits per heavy atom. The lowest BCUT2D eigenvalue weighted by atomic mass is 10.1. The highest BCUT2D eigenvalue weighted by Crippen LogP contribution is 1.99. The first-order valence-electron chi connectivity index (χ1n) is 4.95. The largest absolute Gasteiger partial charge is 0.330 e. The van der Waals surface area contributed by atoms with Crippen LogP contribution in [0.2, 0.25) is 0 Å². The summed E-state index contributed by atoms with van der Waals surface area (Å²) in [6.45, 7) is 0.458. The van der Waals surface area contributed by atoms with Crippen molar-refractivity contribution >= 4 is 0 Å². The number of rotatable bonds is 3. The van der Waals surface area contributed by atoms with Gasteiger partial charge in [0.2, 0.25) is 0 Å². The number of hydrogen-bond acceptors (Lipinski definition) is 3. The Labute approximate surface area is 91.4 Å². The third kappa shape index (κ3) is 2.25. The molecule has 0 fully saturated rings. The van der Waals surface area contributed by atoms with E-state index in [4.69, 9.17) is 0 Å². The van der Waals surface area contributed by atoms with Crippen LogP contribution in [0.25, 0.3) is 0 Å². The van der Waals surface area contributed by atoms with E-state index < -0.39 is 11.1 Å². The van der Waals surface area contributed by atoms with Crippen molar-refractivity contribution in [1.29, 1.82) is 0 Å². The lowest BCUT2D eigenvalue weighted by Gasteiger charge is -2.03. The summed E-state index contributed by atoms with van der Waals surface area (Å²) in [5.74, 6) is 0. The maximum atomic E-state index is 11.4. The second-order valence-electron chi connectivity index (χ2n) is 3.42. The van der Waals surface area contributed by atoms with Crippen molar-refractivity contribution in [1.82, 2.24) is 14.8 Å². The fourth-order valence-electron chi connectivity index (χ4n) is 1.44. The molecule has 0 aliphatic heterocycles. The zero-order chi connectivity index (χ0) is 11.4. The summed E-state index contributed by atoms with van der Waals surface area (Å²) in [4.78, 5) is 22.4. The van der Waals surface area contributed by atoms with Gasteiger partial charge >= 0.3 is 11.1 Å². The molecule has 0 saturated heterocycles. The van der Waals surface area contributed by atoms with E-state index in [2.05, 4.69) is 10.2 Å². The summed E-state index contributed by atoms with van der Waals surface area (Å²) in [6, 6.07) is 9.77. The third-order valence-corrected chi connectivity index (χ3v) is 2.30. The highest BCUT2D eigenvalue weighted by atomic mass is 16.2. The van der Waals surface area contributed by atoms with E-state index >= 15 is 0 Å². The molecule has 1 heterocycles. The van der Waals surface area contributed by atoms with Gasteiger partial charge in [-0.25, -0.2) is 5.10 Å². The third-order valence-electron chi connectivity index (χ3n) is 2.30. The summed E-state index contributed by atoms with van der Waals surface area (Å²) in [6.07, 6.45) is 2.04. The van der Waals surface area contributed by atoms with Crippen LogP contribution in [0.4, 0.5) is 0 Å². The lowest BCUT2D eigenvalue weighted by molar-refractivity contribution is 0.628. The maximum Gasteiger partial charge on any atom is 0.330 e. The maximum absolute atomic E-state index is 11.4.